The summed E-state index contributed by atoms with van der Waals surface area (Å²) in [6, 6.07) is 63.4. The van der Waals surface area contributed by atoms with Crippen LogP contribution in [0.3, 0.4) is 0 Å². The first-order valence-electron chi connectivity index (χ1n) is 26.0. The van der Waals surface area contributed by atoms with Crippen LogP contribution in [0.2, 0.25) is 0 Å². The summed E-state index contributed by atoms with van der Waals surface area (Å²) in [6.45, 7) is 0. The lowest BCUT2D eigenvalue weighted by Crippen LogP contribution is -2.63. The minimum Gasteiger partial charge on any atom is -0.507 e. The van der Waals surface area contributed by atoms with Crippen LogP contribution < -0.4 is 4.18 Å². The highest BCUT2D eigenvalue weighted by atomic mass is 32.3. The van der Waals surface area contributed by atoms with Gasteiger partial charge in [-0.2, -0.15) is 95.9 Å². The molecule has 1 N–H and O–H groups in total. The molecule has 0 aliphatic carbocycles. The second kappa shape index (κ2) is 22.4. The minimum atomic E-state index is -7.67. The van der Waals surface area contributed by atoms with Gasteiger partial charge in [0.05, 0.1) is 0 Å². The molecule has 6 nitrogen and oxygen atoms in total. The fourth-order valence-corrected chi connectivity index (χ4v) is 11.9. The van der Waals surface area contributed by atoms with Gasteiger partial charge in [-0.05, 0) is 122 Å². The molecule has 472 valence electrons. The van der Waals surface area contributed by atoms with Crippen LogP contribution in [-0.4, -0.2) is 68.5 Å². The van der Waals surface area contributed by atoms with Crippen molar-refractivity contribution in [3.8, 4) is 33.8 Å². The number of halogens is 19. The fraction of sp³-hybridized carbons (Fsp3) is 0.125. The summed E-state index contributed by atoms with van der Waals surface area (Å²) in [7, 11) is -14.8. The van der Waals surface area contributed by atoms with E-state index in [-0.39, 0.29) is 16.5 Å². The summed E-state index contributed by atoms with van der Waals surface area (Å²) in [6.07, 6.45) is -14.4. The Morgan fingerprint density at radius 1 is 0.297 bits per heavy atom. The molecule has 91 heavy (non-hydrogen) atoms. The normalized spacial score (nSPS) is 13.4. The summed E-state index contributed by atoms with van der Waals surface area (Å²) >= 11 is 0. The minimum absolute atomic E-state index is 0.153. The molecule has 0 saturated carbocycles. The first-order chi connectivity index (χ1) is 42.3. The number of alkyl halides is 18. The van der Waals surface area contributed by atoms with Gasteiger partial charge in [0.15, 0.2) is 5.75 Å². The van der Waals surface area contributed by atoms with Gasteiger partial charge in [0.2, 0.25) is 0 Å². The van der Waals surface area contributed by atoms with Crippen LogP contribution in [0.4, 0.5) is 82.9 Å². The summed E-state index contributed by atoms with van der Waals surface area (Å²) < 4.78 is 289. The van der Waals surface area contributed by atoms with Gasteiger partial charge in [0.1, 0.15) is 5.75 Å². The Morgan fingerprint density at radius 3 is 0.934 bits per heavy atom. The average molecular weight is 1330 g/mol. The quantitative estimate of drug-likeness (QED) is 0.0634. The highest BCUT2D eigenvalue weighted by molar-refractivity contribution is 7.88. The number of fused-ring (bicyclic) bond motifs is 14. The summed E-state index contributed by atoms with van der Waals surface area (Å²) in [4.78, 5) is 0. The molecule has 0 fully saturated rings. The van der Waals surface area contributed by atoms with Crippen molar-refractivity contribution in [3.63, 3.8) is 0 Å². The van der Waals surface area contributed by atoms with Crippen molar-refractivity contribution in [3.05, 3.63) is 206 Å². The van der Waals surface area contributed by atoms with E-state index in [1.165, 1.54) is 56.6 Å². The molecule has 0 atom stereocenters. The third-order valence-corrected chi connectivity index (χ3v) is 17.1. The molecule has 0 aromatic heterocycles. The van der Waals surface area contributed by atoms with Gasteiger partial charge >= 0.3 is 66.9 Å². The van der Waals surface area contributed by atoms with Crippen molar-refractivity contribution < 1.29 is 109 Å². The van der Waals surface area contributed by atoms with E-state index in [2.05, 4.69) is 83.0 Å². The zero-order valence-corrected chi connectivity index (χ0v) is 46.7. The first kappa shape index (κ1) is 64.9. The maximum atomic E-state index is 14.6. The van der Waals surface area contributed by atoms with E-state index < -0.39 is 72.6 Å². The molecule has 0 amide bonds. The van der Waals surface area contributed by atoms with Gasteiger partial charge in [-0.1, -0.05) is 186 Å². The van der Waals surface area contributed by atoms with E-state index in [0.29, 0.717) is 16.5 Å². The van der Waals surface area contributed by atoms with Crippen LogP contribution in [0, 0.1) is 0 Å². The topological polar surface area (TPSA) is 97.7 Å². The molecule has 0 aliphatic heterocycles. The van der Waals surface area contributed by atoms with E-state index in [4.69, 9.17) is 0 Å². The average Bonchev–Trinajstić information content (AvgIpc) is 0.761. The van der Waals surface area contributed by atoms with Gasteiger partial charge in [-0.15, -0.1) is 0 Å². The molecule has 0 bridgehead atoms. The fourth-order valence-electron chi connectivity index (χ4n) is 10.5. The van der Waals surface area contributed by atoms with E-state index in [9.17, 15) is 105 Å². The van der Waals surface area contributed by atoms with Gasteiger partial charge in [-0.3, -0.25) is 0 Å². The van der Waals surface area contributed by atoms with Crippen molar-refractivity contribution in [2.24, 2.45) is 0 Å². The molecule has 12 aromatic rings. The predicted molar refractivity (Wildman–Crippen MR) is 307 cm³/mol. The van der Waals surface area contributed by atoms with Gasteiger partial charge in [-0.25, -0.2) is 0 Å². The van der Waals surface area contributed by atoms with E-state index >= 15 is 0 Å². The Bertz CT molecular complexity index is 5040. The Balaban J connectivity index is 0.000000168. The lowest BCUT2D eigenvalue weighted by Gasteiger charge is -2.32. The number of phenols is 1. The van der Waals surface area contributed by atoms with E-state index in [0.717, 1.165) is 54.9 Å². The SMILES string of the molecule is O=S(=O)(F)C(F)(F)C(F)(F)C(F)(F)C(F)(F)F.O=S(=O)(Oc1ccc2ccccc2c1-c1ccc2c3ccccc3c3ccccc3c2c1)C(F)(F)C(F)(F)C(F)(F)C(F)(F)F.Oc1ccc2ccccc2c1-c1ccc2c3ccccc3c3ccccc3c2c1. The summed E-state index contributed by atoms with van der Waals surface area (Å²) in [5, 5.41) is 11.5. The van der Waals surface area contributed by atoms with Gasteiger partial charge in [0, 0.05) is 11.1 Å². The molecule has 0 aliphatic rings. The monoisotopic (exact) mass is 1320 g/mol. The van der Waals surface area contributed by atoms with Crippen molar-refractivity contribution in [2.45, 2.75) is 46.6 Å². The molecule has 27 heteroatoms. The molecule has 0 spiro atoms. The van der Waals surface area contributed by atoms with Crippen LogP contribution in [0.15, 0.2) is 206 Å². The number of phenolic OH excluding ortho intramolecular Hbond substituents is 1. The maximum absolute atomic E-state index is 14.6. The molecule has 0 radical (unpaired) electrons. The summed E-state index contributed by atoms with van der Waals surface area (Å²) in [5.41, 5.74) is 1.87. The molecule has 0 unspecified atom stereocenters. The molecule has 12 rings (SSSR count). The first-order valence-corrected chi connectivity index (χ1v) is 28.8. The van der Waals surface area contributed by atoms with E-state index in [1.807, 2.05) is 60.7 Å². The Labute approximate surface area is 500 Å². The van der Waals surface area contributed by atoms with Crippen LogP contribution >= 0.6 is 0 Å². The van der Waals surface area contributed by atoms with E-state index in [1.54, 1.807) is 36.4 Å². The van der Waals surface area contributed by atoms with Crippen molar-refractivity contribution in [1.82, 2.24) is 0 Å². The third kappa shape index (κ3) is 10.6. The molecule has 12 aromatic carbocycles. The van der Waals surface area contributed by atoms with Crippen molar-refractivity contribution in [1.29, 1.82) is 0 Å². The van der Waals surface area contributed by atoms with Crippen LogP contribution in [0.25, 0.3) is 108 Å². The zero-order valence-electron chi connectivity index (χ0n) is 45.1. The summed E-state index contributed by atoms with van der Waals surface area (Å²) in [5.74, 6) is -30.5. The Morgan fingerprint density at radius 2 is 0.582 bits per heavy atom. The third-order valence-electron chi connectivity index (χ3n) is 14.9. The Hall–Kier alpha value is -9.11. The van der Waals surface area contributed by atoms with Crippen LogP contribution in [0.5, 0.6) is 11.5 Å². The molecular formula is C64H35F19O6S2. The molecule has 0 heterocycles. The lowest BCUT2D eigenvalue weighted by molar-refractivity contribution is -0.382. The second-order valence-electron chi connectivity index (χ2n) is 20.3. The van der Waals surface area contributed by atoms with Crippen LogP contribution in [-0.2, 0) is 20.3 Å². The van der Waals surface area contributed by atoms with Crippen molar-refractivity contribution in [2.75, 3.05) is 0 Å². The smallest absolute Gasteiger partial charge is 0.460 e. The highest BCUT2D eigenvalue weighted by Crippen LogP contribution is 2.57. The lowest BCUT2D eigenvalue weighted by atomic mass is 9.90. The molecular weight excluding hydrogens is 1290 g/mol. The maximum Gasteiger partial charge on any atom is 0.460 e. The zero-order chi connectivity index (χ0) is 66.5. The molecule has 0 saturated heterocycles. The number of benzene rings is 12. The van der Waals surface area contributed by atoms with Crippen LogP contribution in [0.1, 0.15) is 0 Å². The number of aromatic hydroxyl groups is 1. The van der Waals surface area contributed by atoms with Gasteiger partial charge in [0.25, 0.3) is 0 Å². The van der Waals surface area contributed by atoms with Crippen molar-refractivity contribution >= 4 is 107 Å². The Kier molecular flexibility index (Phi) is 16.0. The number of hydrogen-bond acceptors (Lipinski definition) is 6. The standard InChI is InChI=1S/C32H17F9O3S.C28H18O.C4F10O2S/c33-29(34,31(37,38)39)30(35,36)32(40,41)45(42,43)44-27-16-14-18-7-1-2-8-20(18)28(27)19-13-15-25-23-11-4-3-9-21(23)22-10-5-6-12-24(22)26(25)17-19;29-27-16-14-18-7-1-2-8-20(18)28(27)19-13-15-25-23-11-4-3-9-21(23)22-10-5-6-12-24(22)26(25)17-19;5-1(6,3(9,10)11)2(7,8)4(12,13)17(14,15)16/h1-17H;1-17,29H;. The number of rotatable bonds is 10. The predicted octanol–water partition coefficient (Wildman–Crippen LogP) is 20.5. The van der Waals surface area contributed by atoms with Gasteiger partial charge < -0.3 is 9.29 Å². The second-order valence-corrected chi connectivity index (χ2v) is 23.3. The highest BCUT2D eigenvalue weighted by Gasteiger charge is 2.87. The largest absolute Gasteiger partial charge is 0.507 e. The number of hydrogen-bond donors (Lipinski definition) is 1.